The highest BCUT2D eigenvalue weighted by atomic mass is 32.1. The van der Waals surface area contributed by atoms with Crippen LogP contribution in [0, 0.1) is 0 Å². The van der Waals surface area contributed by atoms with Crippen LogP contribution in [0.2, 0.25) is 0 Å². The molecule has 0 fully saturated rings. The van der Waals surface area contributed by atoms with Crippen LogP contribution in [0.3, 0.4) is 0 Å². The molecule has 14 aromatic carbocycles. The minimum Gasteiger partial charge on any atom is -0.310 e. The number of hydrogen-bond donors (Lipinski definition) is 0. The summed E-state index contributed by atoms with van der Waals surface area (Å²) in [5, 5.41) is 7.71. The summed E-state index contributed by atoms with van der Waals surface area (Å²) in [6.07, 6.45) is 0. The van der Waals surface area contributed by atoms with E-state index in [0.29, 0.717) is 0 Å². The van der Waals surface area contributed by atoms with Gasteiger partial charge in [-0.3, -0.25) is 0 Å². The van der Waals surface area contributed by atoms with E-state index in [1.807, 2.05) is 22.7 Å². The van der Waals surface area contributed by atoms with E-state index in [9.17, 15) is 0 Å². The van der Waals surface area contributed by atoms with Gasteiger partial charge in [0.2, 0.25) is 0 Å². The quantitative estimate of drug-likeness (QED) is 0.135. The lowest BCUT2D eigenvalue weighted by Gasteiger charge is -2.35. The number of fused-ring (bicyclic) bond motifs is 15. The van der Waals surface area contributed by atoms with Gasteiger partial charge in [-0.15, -0.1) is 22.7 Å². The fourth-order valence-electron chi connectivity index (χ4n) is 15.4. The first-order chi connectivity index (χ1) is 43.6. The molecular formula is C84H54N2S2. The number of rotatable bonds is 10. The Kier molecular flexibility index (Phi) is 11.5. The molecule has 0 spiro atoms. The van der Waals surface area contributed by atoms with Gasteiger partial charge in [0.25, 0.3) is 0 Å². The van der Waals surface area contributed by atoms with Crippen molar-refractivity contribution in [2.24, 2.45) is 0 Å². The van der Waals surface area contributed by atoms with Crippen molar-refractivity contribution in [3.8, 4) is 22.3 Å². The highest BCUT2D eigenvalue weighted by Crippen LogP contribution is 2.59. The van der Waals surface area contributed by atoms with Crippen LogP contribution in [-0.2, 0) is 10.8 Å². The third kappa shape index (κ3) is 7.40. The van der Waals surface area contributed by atoms with Crippen LogP contribution in [0.1, 0.15) is 44.5 Å². The lowest BCUT2D eigenvalue weighted by molar-refractivity contribution is 0.768. The topological polar surface area (TPSA) is 6.48 Å². The predicted molar refractivity (Wildman–Crippen MR) is 374 cm³/mol. The van der Waals surface area contributed by atoms with E-state index in [1.54, 1.807) is 0 Å². The Morgan fingerprint density at radius 1 is 0.205 bits per heavy atom. The minimum atomic E-state index is -0.509. The van der Waals surface area contributed by atoms with Crippen LogP contribution in [0.15, 0.2) is 328 Å². The normalized spacial score (nSPS) is 13.4. The Morgan fingerprint density at radius 2 is 0.477 bits per heavy atom. The van der Waals surface area contributed by atoms with Crippen LogP contribution in [0.5, 0.6) is 0 Å². The van der Waals surface area contributed by atoms with Crippen LogP contribution in [-0.4, -0.2) is 0 Å². The molecule has 0 saturated heterocycles. The summed E-state index contributed by atoms with van der Waals surface area (Å²) in [5.41, 5.74) is 21.1. The molecule has 0 N–H and O–H groups in total. The summed E-state index contributed by atoms with van der Waals surface area (Å²) in [5.74, 6) is 0. The van der Waals surface area contributed by atoms with Crippen LogP contribution < -0.4 is 9.80 Å². The molecule has 0 radical (unpaired) electrons. The standard InChI is InChI=1S/C84H54N2S2/c1-5-23-55(24-6-1)83(75-39-17-13-35-65(75)66-36-14-18-40-76(66)83)57-27-21-33-61(51-57)85(59-29-9-3-10-30-59)63-43-45-69-71-47-49-74-73(81(71)87-79(69)53-63)50-48-72-70-46-44-64(54-80(70)88-82(72)74)86(60-31-11-4-12-32-60)62-34-22-28-58(52-62)84(56-25-7-2-8-26-56)77-41-19-15-37-67(77)68-38-16-20-42-78(68)84/h1-54H. The Bertz CT molecular complexity index is 4980. The summed E-state index contributed by atoms with van der Waals surface area (Å²) < 4.78 is 5.16. The Hall–Kier alpha value is -10.6. The number of nitrogens with zero attached hydrogens (tertiary/aromatic N) is 2. The van der Waals surface area contributed by atoms with Crippen molar-refractivity contribution in [2.45, 2.75) is 10.8 Å². The van der Waals surface area contributed by atoms with Gasteiger partial charge in [-0.1, -0.05) is 255 Å². The minimum absolute atomic E-state index is 0.509. The molecule has 0 saturated carbocycles. The van der Waals surface area contributed by atoms with E-state index in [2.05, 4.69) is 337 Å². The maximum Gasteiger partial charge on any atom is 0.0714 e. The largest absolute Gasteiger partial charge is 0.310 e. The zero-order valence-corrected chi connectivity index (χ0v) is 49.5. The Morgan fingerprint density at radius 3 is 0.841 bits per heavy atom. The molecular weight excluding hydrogens is 1100 g/mol. The second kappa shape index (κ2) is 20.0. The van der Waals surface area contributed by atoms with Gasteiger partial charge in [-0.25, -0.2) is 0 Å². The molecule has 2 aliphatic carbocycles. The van der Waals surface area contributed by atoms with Crippen molar-refractivity contribution in [1.82, 2.24) is 0 Å². The monoisotopic (exact) mass is 1150 g/mol. The zero-order valence-electron chi connectivity index (χ0n) is 47.9. The van der Waals surface area contributed by atoms with E-state index in [4.69, 9.17) is 0 Å². The molecule has 4 heteroatoms. The number of anilines is 6. The van der Waals surface area contributed by atoms with Gasteiger partial charge >= 0.3 is 0 Å². The van der Waals surface area contributed by atoms with Crippen molar-refractivity contribution in [3.63, 3.8) is 0 Å². The summed E-state index contributed by atoms with van der Waals surface area (Å²) in [6, 6.07) is 122. The first-order valence-corrected chi connectivity index (χ1v) is 31.9. The molecule has 412 valence electrons. The highest BCUT2D eigenvalue weighted by Gasteiger charge is 2.47. The Labute approximate surface area is 519 Å². The molecule has 0 atom stereocenters. The second-order valence-electron chi connectivity index (χ2n) is 23.4. The summed E-state index contributed by atoms with van der Waals surface area (Å²) in [6.45, 7) is 0. The number of para-hydroxylation sites is 2. The molecule has 2 aliphatic rings. The molecule has 2 aromatic heterocycles. The van der Waals surface area contributed by atoms with E-state index < -0.39 is 10.8 Å². The van der Waals surface area contributed by atoms with Crippen molar-refractivity contribution in [2.75, 3.05) is 9.80 Å². The summed E-state index contributed by atoms with van der Waals surface area (Å²) in [7, 11) is 0. The lowest BCUT2D eigenvalue weighted by Crippen LogP contribution is -2.28. The maximum absolute atomic E-state index is 2.44. The molecule has 2 heterocycles. The third-order valence-corrected chi connectivity index (χ3v) is 21.4. The summed E-state index contributed by atoms with van der Waals surface area (Å²) in [4.78, 5) is 4.88. The van der Waals surface area contributed by atoms with E-state index >= 15 is 0 Å². The average Bonchev–Trinajstić information content (AvgIpc) is 1.58. The number of hydrogen-bond acceptors (Lipinski definition) is 4. The second-order valence-corrected chi connectivity index (χ2v) is 25.5. The smallest absolute Gasteiger partial charge is 0.0714 e. The molecule has 0 bridgehead atoms. The molecule has 0 unspecified atom stereocenters. The van der Waals surface area contributed by atoms with Crippen molar-refractivity contribution >= 4 is 108 Å². The van der Waals surface area contributed by atoms with Gasteiger partial charge in [0.1, 0.15) is 0 Å². The Balaban J connectivity index is 0.749. The highest BCUT2D eigenvalue weighted by molar-refractivity contribution is 7.28. The van der Waals surface area contributed by atoms with Gasteiger partial charge < -0.3 is 9.80 Å². The van der Waals surface area contributed by atoms with Gasteiger partial charge in [0, 0.05) is 85.2 Å². The number of benzene rings is 14. The summed E-state index contributed by atoms with van der Waals surface area (Å²) >= 11 is 3.81. The zero-order chi connectivity index (χ0) is 57.9. The van der Waals surface area contributed by atoms with E-state index in [0.717, 1.165) is 34.1 Å². The van der Waals surface area contributed by atoms with Crippen LogP contribution >= 0.6 is 22.7 Å². The fraction of sp³-hybridized carbons (Fsp3) is 0.0238. The van der Waals surface area contributed by atoms with Gasteiger partial charge in [-0.2, -0.15) is 0 Å². The lowest BCUT2D eigenvalue weighted by atomic mass is 9.67. The first-order valence-electron chi connectivity index (χ1n) is 30.3. The van der Waals surface area contributed by atoms with Crippen molar-refractivity contribution in [1.29, 1.82) is 0 Å². The van der Waals surface area contributed by atoms with Crippen molar-refractivity contribution in [3.05, 3.63) is 372 Å². The molecule has 0 aliphatic heterocycles. The average molecular weight is 1160 g/mol. The SMILES string of the molecule is c1ccc(N(c2cccc(C3(c4ccccc4)c4ccccc4-c4ccccc43)c2)c2ccc3c(c2)sc2c3ccc3c2ccc2c4ccc(N(c5ccccc5)c5cccc(C6(c7ccccc7)c7ccccc7-c7ccccc76)c5)cc4sc23)cc1. The van der Waals surface area contributed by atoms with Gasteiger partial charge in [-0.05, 0) is 140 Å². The van der Waals surface area contributed by atoms with E-state index in [1.165, 1.54) is 118 Å². The number of thiophene rings is 2. The predicted octanol–water partition coefficient (Wildman–Crippen LogP) is 23.2. The molecule has 88 heavy (non-hydrogen) atoms. The molecule has 2 nitrogen and oxygen atoms in total. The molecule has 18 rings (SSSR count). The third-order valence-electron chi connectivity index (χ3n) is 19.0. The molecule has 0 amide bonds. The van der Waals surface area contributed by atoms with Gasteiger partial charge in [0.15, 0.2) is 0 Å². The maximum atomic E-state index is 2.44. The molecule has 16 aromatic rings. The van der Waals surface area contributed by atoms with Crippen LogP contribution in [0.25, 0.3) is 73.4 Å². The van der Waals surface area contributed by atoms with Gasteiger partial charge in [0.05, 0.1) is 10.8 Å². The first kappa shape index (κ1) is 50.7. The van der Waals surface area contributed by atoms with Crippen molar-refractivity contribution < 1.29 is 0 Å². The van der Waals surface area contributed by atoms with Crippen LogP contribution in [0.4, 0.5) is 34.1 Å². The fourth-order valence-corrected chi connectivity index (χ4v) is 17.9. The van der Waals surface area contributed by atoms with E-state index in [-0.39, 0.29) is 0 Å².